The fourth-order valence-corrected chi connectivity index (χ4v) is 7.50. The lowest BCUT2D eigenvalue weighted by molar-refractivity contribution is -0.131. The summed E-state index contributed by atoms with van der Waals surface area (Å²) in [6.07, 6.45) is 0.334. The molecule has 5 N–H and O–H groups in total. The largest absolute Gasteiger partial charge is 0.369 e. The van der Waals surface area contributed by atoms with Crippen LogP contribution in [0.4, 0.5) is 4.39 Å². The van der Waals surface area contributed by atoms with Crippen molar-refractivity contribution in [2.24, 2.45) is 27.6 Å². The number of benzene rings is 4. The number of carbonyl (C=O) groups is 4. The van der Waals surface area contributed by atoms with Crippen LogP contribution in [0.2, 0.25) is 0 Å². The van der Waals surface area contributed by atoms with Gasteiger partial charge in [0, 0.05) is 29.1 Å². The average Bonchev–Trinajstić information content (AvgIpc) is 3.23. The summed E-state index contributed by atoms with van der Waals surface area (Å²) in [5, 5.41) is 9.56. The topological polar surface area (TPSA) is 162 Å². The van der Waals surface area contributed by atoms with E-state index in [9.17, 15) is 23.6 Å². The Hall–Kier alpha value is -6.37. The predicted molar refractivity (Wildman–Crippen MR) is 236 cm³/mol. The maximum absolute atomic E-state index is 13.9. The number of amides is 4. The van der Waals surface area contributed by atoms with Crippen molar-refractivity contribution in [2.45, 2.75) is 97.6 Å². The molecule has 4 aromatic carbocycles. The van der Waals surface area contributed by atoms with Gasteiger partial charge in [-0.2, -0.15) is 0 Å². The molecule has 0 radical (unpaired) electrons. The lowest BCUT2D eigenvalue weighted by Crippen LogP contribution is -2.63. The molecule has 4 amide bonds. The molecule has 0 bridgehead atoms. The highest BCUT2D eigenvalue weighted by molar-refractivity contribution is 6.01. The highest BCUT2D eigenvalue weighted by Crippen LogP contribution is 2.32. The van der Waals surface area contributed by atoms with E-state index in [0.717, 1.165) is 22.3 Å². The van der Waals surface area contributed by atoms with Gasteiger partial charge in [-0.15, -0.1) is 0 Å². The van der Waals surface area contributed by atoms with Crippen LogP contribution >= 0.6 is 0 Å². The first-order chi connectivity index (χ1) is 28.9. The molecule has 1 unspecified atom stereocenters. The minimum atomic E-state index is -0.880. The Morgan fingerprint density at radius 1 is 0.754 bits per heavy atom. The highest BCUT2D eigenvalue weighted by atomic mass is 19.1. The summed E-state index contributed by atoms with van der Waals surface area (Å²) >= 11 is 0. The molecule has 0 aliphatic carbocycles. The molecule has 5 atom stereocenters. The van der Waals surface area contributed by atoms with E-state index in [1.807, 2.05) is 77.1 Å². The Balaban J connectivity index is 1.15. The summed E-state index contributed by atoms with van der Waals surface area (Å²) in [5.41, 5.74) is 9.22. The molecule has 61 heavy (non-hydrogen) atoms. The van der Waals surface area contributed by atoms with E-state index in [2.05, 4.69) is 29.8 Å². The molecule has 320 valence electrons. The van der Waals surface area contributed by atoms with E-state index in [-0.39, 0.29) is 91.8 Å². The van der Waals surface area contributed by atoms with Gasteiger partial charge in [-0.1, -0.05) is 87.5 Å². The molecule has 1 fully saturated rings. The zero-order chi connectivity index (χ0) is 44.1. The second-order valence-corrected chi connectivity index (χ2v) is 17.2. The third-order valence-corrected chi connectivity index (χ3v) is 12.2. The number of nitrogens with zero attached hydrogens (tertiary/aromatic N) is 4. The maximum atomic E-state index is 13.9. The van der Waals surface area contributed by atoms with Crippen molar-refractivity contribution < 1.29 is 23.6 Å². The smallest absolute Gasteiger partial charge is 0.251 e. The SMILES string of the molecule is CC(CN=C1N[C@](C)(C(C)C)CC(=O)N1Cc1cccc(C(=O)N[C@@H](C)c2ccc(F)cc2)c1)[C@]1(C)CC(=O)N(Cc2cccc(C(=O)N[C@@H](C)c3ccccc3)c2)C(N)=N1. The van der Waals surface area contributed by atoms with Crippen molar-refractivity contribution >= 4 is 35.5 Å². The summed E-state index contributed by atoms with van der Waals surface area (Å²) in [6.45, 7) is 14.3. The van der Waals surface area contributed by atoms with E-state index < -0.39 is 11.1 Å². The van der Waals surface area contributed by atoms with Gasteiger partial charge in [-0.05, 0) is 92.3 Å². The summed E-state index contributed by atoms with van der Waals surface area (Å²) in [7, 11) is 0. The first kappa shape index (κ1) is 44.2. The van der Waals surface area contributed by atoms with Gasteiger partial charge in [-0.25, -0.2) is 9.38 Å². The highest BCUT2D eigenvalue weighted by Gasteiger charge is 2.43. The van der Waals surface area contributed by atoms with Crippen molar-refractivity contribution in [3.8, 4) is 0 Å². The molecule has 4 aromatic rings. The van der Waals surface area contributed by atoms with E-state index in [1.165, 1.54) is 17.0 Å². The Bertz CT molecular complexity index is 2320. The standard InChI is InChI=1S/C48H57FN8O4/c1-30(2)47(6)25-42(59)57(29-35-14-12-18-39(24-35)44(61)53-33(5)37-19-21-40(49)22-20-37)46(55-47)51-27-31(3)48(7)26-41(58)56(45(50)54-48)28-34-13-11-17-38(23-34)43(60)52-32(4)36-15-9-8-10-16-36/h8-24,30-33H,25-29H2,1-7H3,(H2,50,54)(H,51,55)(H,52,60)(H,53,61)/t31?,32-,33-,47-,48-/m0/s1. The number of rotatable bonds is 14. The molecular formula is C48H57FN8O4. The number of carbonyl (C=O) groups excluding carboxylic acids is 4. The van der Waals surface area contributed by atoms with Crippen molar-refractivity contribution in [3.05, 3.63) is 142 Å². The lowest BCUT2D eigenvalue weighted by Gasteiger charge is -2.44. The van der Waals surface area contributed by atoms with Gasteiger partial charge < -0.3 is 21.7 Å². The van der Waals surface area contributed by atoms with Gasteiger partial charge in [0.15, 0.2) is 5.96 Å². The van der Waals surface area contributed by atoms with Crippen LogP contribution in [-0.2, 0) is 22.7 Å². The van der Waals surface area contributed by atoms with Crippen LogP contribution in [0.5, 0.6) is 0 Å². The zero-order valence-electron chi connectivity index (χ0n) is 36.0. The van der Waals surface area contributed by atoms with Crippen LogP contribution in [0, 0.1) is 17.7 Å². The van der Waals surface area contributed by atoms with Gasteiger partial charge in [0.05, 0.1) is 43.6 Å². The number of guanidine groups is 2. The van der Waals surface area contributed by atoms with E-state index in [0.29, 0.717) is 17.1 Å². The third kappa shape index (κ3) is 10.5. The van der Waals surface area contributed by atoms with Crippen LogP contribution in [0.1, 0.15) is 116 Å². The summed E-state index contributed by atoms with van der Waals surface area (Å²) in [6, 6.07) is 29.4. The molecular weight excluding hydrogens is 772 g/mol. The van der Waals surface area contributed by atoms with Gasteiger partial charge in [0.2, 0.25) is 17.8 Å². The molecule has 0 aromatic heterocycles. The Labute approximate surface area is 357 Å². The fourth-order valence-electron chi connectivity index (χ4n) is 7.50. The van der Waals surface area contributed by atoms with Crippen molar-refractivity contribution in [3.63, 3.8) is 0 Å². The second-order valence-electron chi connectivity index (χ2n) is 17.2. The molecule has 6 rings (SSSR count). The van der Waals surface area contributed by atoms with Gasteiger partial charge >= 0.3 is 0 Å². The number of halogens is 1. The number of hydrogen-bond donors (Lipinski definition) is 4. The number of nitrogens with two attached hydrogens (primary N) is 1. The summed E-state index contributed by atoms with van der Waals surface area (Å²) < 4.78 is 13.5. The van der Waals surface area contributed by atoms with Crippen molar-refractivity contribution in [1.29, 1.82) is 0 Å². The Kier molecular flexibility index (Phi) is 13.4. The van der Waals surface area contributed by atoms with E-state index >= 15 is 0 Å². The van der Waals surface area contributed by atoms with Crippen molar-refractivity contribution in [1.82, 2.24) is 25.8 Å². The minimum Gasteiger partial charge on any atom is -0.369 e. The number of aliphatic imine (C=N–C) groups is 2. The molecule has 12 nitrogen and oxygen atoms in total. The molecule has 2 aliphatic heterocycles. The molecule has 0 spiro atoms. The van der Waals surface area contributed by atoms with Crippen molar-refractivity contribution in [2.75, 3.05) is 6.54 Å². The maximum Gasteiger partial charge on any atom is 0.251 e. The van der Waals surface area contributed by atoms with E-state index in [4.69, 9.17) is 15.7 Å². The van der Waals surface area contributed by atoms with Crippen LogP contribution in [0.25, 0.3) is 0 Å². The molecule has 13 heteroatoms. The van der Waals surface area contributed by atoms with Gasteiger partial charge in [-0.3, -0.25) is 34.0 Å². The quantitative estimate of drug-likeness (QED) is 0.107. The van der Waals surface area contributed by atoms with Crippen LogP contribution in [0.15, 0.2) is 113 Å². The second kappa shape index (κ2) is 18.5. The van der Waals surface area contributed by atoms with E-state index in [1.54, 1.807) is 53.4 Å². The van der Waals surface area contributed by atoms with Crippen LogP contribution < -0.4 is 21.7 Å². The Morgan fingerprint density at radius 2 is 1.28 bits per heavy atom. The first-order valence-electron chi connectivity index (χ1n) is 20.8. The van der Waals surface area contributed by atoms with Gasteiger partial charge in [0.1, 0.15) is 5.82 Å². The fraction of sp³-hybridized carbons (Fsp3) is 0.375. The third-order valence-electron chi connectivity index (χ3n) is 12.2. The molecule has 2 heterocycles. The predicted octanol–water partition coefficient (Wildman–Crippen LogP) is 7.04. The molecule has 1 saturated heterocycles. The zero-order valence-corrected chi connectivity index (χ0v) is 36.0. The summed E-state index contributed by atoms with van der Waals surface area (Å²) in [5.74, 6) is -0.831. The molecule has 2 aliphatic rings. The van der Waals surface area contributed by atoms with Crippen LogP contribution in [-0.4, -0.2) is 63.0 Å². The average molecular weight is 829 g/mol. The minimum absolute atomic E-state index is 0.0850. The lowest BCUT2D eigenvalue weighted by atomic mass is 9.82. The van der Waals surface area contributed by atoms with Gasteiger partial charge in [0.25, 0.3) is 11.8 Å². The van der Waals surface area contributed by atoms with Crippen LogP contribution in [0.3, 0.4) is 0 Å². The normalized spacial score (nSPS) is 21.4. The molecule has 0 saturated carbocycles. The first-order valence-corrected chi connectivity index (χ1v) is 20.8. The Morgan fingerprint density at radius 3 is 1.82 bits per heavy atom. The number of nitrogens with one attached hydrogen (secondary N) is 3. The monoisotopic (exact) mass is 828 g/mol. The summed E-state index contributed by atoms with van der Waals surface area (Å²) in [4.78, 5) is 67.0. The number of hydrogen-bond acceptors (Lipinski definition) is 7.